The van der Waals surface area contributed by atoms with Crippen molar-refractivity contribution in [3.05, 3.63) is 64.7 Å². The van der Waals surface area contributed by atoms with E-state index in [1.165, 1.54) is 11.1 Å². The first kappa shape index (κ1) is 18.8. The standard InChI is InChI=1S/C23H22ClN3OS/c24-21-2-1-3-22-23(21)20(15-27(22)6-5-26-7-9-28-10-8-26)19-12-18(13-25-14-19)17-4-11-29-16-17/h1-4,11-16H,5-10H2. The minimum atomic E-state index is 0.781. The summed E-state index contributed by atoms with van der Waals surface area (Å²) in [6, 6.07) is 10.5. The second-order valence-electron chi connectivity index (χ2n) is 7.30. The molecule has 4 aromatic rings. The Labute approximate surface area is 179 Å². The number of pyridine rings is 1. The molecule has 0 N–H and O–H groups in total. The number of hydrogen-bond acceptors (Lipinski definition) is 4. The number of halogens is 1. The molecule has 0 atom stereocenters. The van der Waals surface area contributed by atoms with E-state index in [-0.39, 0.29) is 0 Å². The fourth-order valence-corrected chi connectivity index (χ4v) is 4.90. The van der Waals surface area contributed by atoms with E-state index in [4.69, 9.17) is 16.3 Å². The molecule has 148 valence electrons. The number of morpholine rings is 1. The fraction of sp³-hybridized carbons (Fsp3) is 0.261. The molecule has 6 heteroatoms. The lowest BCUT2D eigenvalue weighted by molar-refractivity contribution is 0.0365. The Hall–Kier alpha value is -2.18. The minimum Gasteiger partial charge on any atom is -0.379 e. The summed E-state index contributed by atoms with van der Waals surface area (Å²) in [6.07, 6.45) is 6.08. The van der Waals surface area contributed by atoms with Gasteiger partial charge in [-0.3, -0.25) is 9.88 Å². The molecule has 4 heterocycles. The normalized spacial score (nSPS) is 15.2. The average molecular weight is 424 g/mol. The highest BCUT2D eigenvalue weighted by Crippen LogP contribution is 2.36. The van der Waals surface area contributed by atoms with Crippen LogP contribution >= 0.6 is 22.9 Å². The lowest BCUT2D eigenvalue weighted by Gasteiger charge is -2.26. The summed E-state index contributed by atoms with van der Waals surface area (Å²) < 4.78 is 7.79. The molecule has 1 saturated heterocycles. The van der Waals surface area contributed by atoms with Crippen LogP contribution in [0.25, 0.3) is 33.2 Å². The number of thiophene rings is 1. The lowest BCUT2D eigenvalue weighted by Crippen LogP contribution is -2.38. The Bertz CT molecular complexity index is 1120. The summed E-state index contributed by atoms with van der Waals surface area (Å²) in [5.41, 5.74) is 5.73. The van der Waals surface area contributed by atoms with Gasteiger partial charge in [0.1, 0.15) is 0 Å². The molecule has 0 aliphatic carbocycles. The number of benzene rings is 1. The fourth-order valence-electron chi connectivity index (χ4n) is 3.96. The third-order valence-corrected chi connectivity index (χ3v) is 6.52. The Morgan fingerprint density at radius 1 is 1.03 bits per heavy atom. The molecular weight excluding hydrogens is 402 g/mol. The van der Waals surface area contributed by atoms with Crippen molar-refractivity contribution in [2.24, 2.45) is 0 Å². The maximum absolute atomic E-state index is 6.65. The Morgan fingerprint density at radius 3 is 2.72 bits per heavy atom. The monoisotopic (exact) mass is 423 g/mol. The Balaban J connectivity index is 1.53. The van der Waals surface area contributed by atoms with Crippen molar-refractivity contribution in [1.82, 2.24) is 14.5 Å². The van der Waals surface area contributed by atoms with Crippen molar-refractivity contribution in [2.75, 3.05) is 32.8 Å². The predicted molar refractivity (Wildman–Crippen MR) is 121 cm³/mol. The molecule has 1 aliphatic heterocycles. The van der Waals surface area contributed by atoms with Crippen LogP contribution in [0.1, 0.15) is 0 Å². The molecule has 4 nitrogen and oxygen atoms in total. The molecule has 5 rings (SSSR count). The maximum atomic E-state index is 6.65. The molecular formula is C23H22ClN3OS. The van der Waals surface area contributed by atoms with Gasteiger partial charge in [-0.1, -0.05) is 17.7 Å². The molecule has 0 radical (unpaired) electrons. The summed E-state index contributed by atoms with van der Waals surface area (Å²) in [6.45, 7) is 5.58. The first-order valence-corrected chi connectivity index (χ1v) is 11.2. The van der Waals surface area contributed by atoms with Crippen LogP contribution < -0.4 is 0 Å². The molecule has 29 heavy (non-hydrogen) atoms. The van der Waals surface area contributed by atoms with E-state index in [0.29, 0.717) is 0 Å². The maximum Gasteiger partial charge on any atom is 0.0594 e. The zero-order chi connectivity index (χ0) is 19.6. The highest BCUT2D eigenvalue weighted by Gasteiger charge is 2.16. The summed E-state index contributed by atoms with van der Waals surface area (Å²) in [5, 5.41) is 6.12. The molecule has 0 unspecified atom stereocenters. The second kappa shape index (κ2) is 8.28. The van der Waals surface area contributed by atoms with Gasteiger partial charge in [-0.2, -0.15) is 11.3 Å². The average Bonchev–Trinajstić information content (AvgIpc) is 3.42. The van der Waals surface area contributed by atoms with Gasteiger partial charge in [-0.15, -0.1) is 0 Å². The van der Waals surface area contributed by atoms with E-state index in [2.05, 4.69) is 49.6 Å². The Morgan fingerprint density at radius 2 is 1.90 bits per heavy atom. The first-order valence-electron chi connectivity index (χ1n) is 9.85. The van der Waals surface area contributed by atoms with Crippen molar-refractivity contribution in [2.45, 2.75) is 6.54 Å². The molecule has 0 amide bonds. The number of aromatic nitrogens is 2. The molecule has 0 spiro atoms. The molecule has 1 aliphatic rings. The van der Waals surface area contributed by atoms with E-state index in [1.807, 2.05) is 24.5 Å². The van der Waals surface area contributed by atoms with E-state index in [9.17, 15) is 0 Å². The van der Waals surface area contributed by atoms with Crippen LogP contribution in [0.5, 0.6) is 0 Å². The van der Waals surface area contributed by atoms with Crippen LogP contribution in [0.15, 0.2) is 59.7 Å². The number of fused-ring (bicyclic) bond motifs is 1. The molecule has 0 saturated carbocycles. The van der Waals surface area contributed by atoms with Gasteiger partial charge in [-0.05, 0) is 40.6 Å². The number of hydrogen-bond donors (Lipinski definition) is 0. The van der Waals surface area contributed by atoms with Crippen LogP contribution in [0.4, 0.5) is 0 Å². The van der Waals surface area contributed by atoms with Crippen molar-refractivity contribution in [3.8, 4) is 22.3 Å². The van der Waals surface area contributed by atoms with Crippen LogP contribution in [0.3, 0.4) is 0 Å². The summed E-state index contributed by atoms with van der Waals surface area (Å²) in [4.78, 5) is 6.97. The topological polar surface area (TPSA) is 30.3 Å². The smallest absolute Gasteiger partial charge is 0.0594 e. The molecule has 1 aromatic carbocycles. The molecule has 3 aromatic heterocycles. The van der Waals surface area contributed by atoms with Gasteiger partial charge in [0.25, 0.3) is 0 Å². The SMILES string of the molecule is Clc1cccc2c1c(-c1cncc(-c3ccsc3)c1)cn2CCN1CCOCC1. The highest BCUT2D eigenvalue weighted by atomic mass is 35.5. The van der Waals surface area contributed by atoms with Crippen LogP contribution in [0, 0.1) is 0 Å². The summed E-state index contributed by atoms with van der Waals surface area (Å²) in [5.74, 6) is 0. The van der Waals surface area contributed by atoms with Gasteiger partial charge in [-0.25, -0.2) is 0 Å². The van der Waals surface area contributed by atoms with E-state index in [0.717, 1.165) is 66.5 Å². The zero-order valence-electron chi connectivity index (χ0n) is 16.1. The van der Waals surface area contributed by atoms with Crippen LogP contribution in [-0.2, 0) is 11.3 Å². The summed E-state index contributed by atoms with van der Waals surface area (Å²) in [7, 11) is 0. The van der Waals surface area contributed by atoms with Gasteiger partial charge in [0, 0.05) is 66.8 Å². The zero-order valence-corrected chi connectivity index (χ0v) is 17.6. The van der Waals surface area contributed by atoms with Gasteiger partial charge in [0.2, 0.25) is 0 Å². The van der Waals surface area contributed by atoms with E-state index < -0.39 is 0 Å². The number of nitrogens with zero attached hydrogens (tertiary/aromatic N) is 3. The van der Waals surface area contributed by atoms with E-state index >= 15 is 0 Å². The van der Waals surface area contributed by atoms with Crippen molar-refractivity contribution >= 4 is 33.8 Å². The Kier molecular flexibility index (Phi) is 5.38. The summed E-state index contributed by atoms with van der Waals surface area (Å²) >= 11 is 8.35. The van der Waals surface area contributed by atoms with Crippen molar-refractivity contribution in [1.29, 1.82) is 0 Å². The first-order chi connectivity index (χ1) is 14.3. The molecule has 1 fully saturated rings. The van der Waals surface area contributed by atoms with Crippen molar-refractivity contribution < 1.29 is 4.74 Å². The third-order valence-electron chi connectivity index (χ3n) is 5.52. The minimum absolute atomic E-state index is 0.781. The van der Waals surface area contributed by atoms with Crippen LogP contribution in [0.2, 0.25) is 5.02 Å². The predicted octanol–water partition coefficient (Wildman–Crippen LogP) is 5.42. The van der Waals surface area contributed by atoms with Crippen molar-refractivity contribution in [3.63, 3.8) is 0 Å². The largest absolute Gasteiger partial charge is 0.379 e. The third kappa shape index (κ3) is 3.83. The van der Waals surface area contributed by atoms with Gasteiger partial charge < -0.3 is 9.30 Å². The second-order valence-corrected chi connectivity index (χ2v) is 8.49. The van der Waals surface area contributed by atoms with Gasteiger partial charge in [0.15, 0.2) is 0 Å². The number of ether oxygens (including phenoxy) is 1. The van der Waals surface area contributed by atoms with Crippen LogP contribution in [-0.4, -0.2) is 47.3 Å². The molecule has 0 bridgehead atoms. The van der Waals surface area contributed by atoms with Gasteiger partial charge >= 0.3 is 0 Å². The number of rotatable bonds is 5. The van der Waals surface area contributed by atoms with Gasteiger partial charge in [0.05, 0.1) is 23.8 Å². The lowest BCUT2D eigenvalue weighted by atomic mass is 10.0. The quantitative estimate of drug-likeness (QED) is 0.429. The highest BCUT2D eigenvalue weighted by molar-refractivity contribution is 7.08. The van der Waals surface area contributed by atoms with E-state index in [1.54, 1.807) is 11.3 Å².